The van der Waals surface area contributed by atoms with E-state index in [1.54, 1.807) is 24.3 Å². The summed E-state index contributed by atoms with van der Waals surface area (Å²) in [7, 11) is 2.96. The molecule has 0 aliphatic carbocycles. The molecule has 2 aromatic rings. The minimum Gasteiger partial charge on any atom is -0.497 e. The summed E-state index contributed by atoms with van der Waals surface area (Å²) in [6.07, 6.45) is 0. The zero-order valence-corrected chi connectivity index (χ0v) is 15.5. The Kier molecular flexibility index (Phi) is 6.86. The predicted octanol–water partition coefficient (Wildman–Crippen LogP) is 3.39. The summed E-state index contributed by atoms with van der Waals surface area (Å²) in [5.74, 6) is -0.154. The highest BCUT2D eigenvalue weighted by Gasteiger charge is 2.15. The molecule has 0 aliphatic rings. The molecule has 0 saturated heterocycles. The predicted molar refractivity (Wildman–Crippen MR) is 97.8 cm³/mol. The molecule has 2 aromatic carbocycles. The van der Waals surface area contributed by atoms with Gasteiger partial charge in [-0.15, -0.1) is 0 Å². The Morgan fingerprint density at radius 1 is 1.08 bits per heavy atom. The van der Waals surface area contributed by atoms with Crippen LogP contribution in [0.1, 0.15) is 28.9 Å². The van der Waals surface area contributed by atoms with Crippen molar-refractivity contribution in [2.45, 2.75) is 13.0 Å². The van der Waals surface area contributed by atoms with Crippen LogP contribution >= 0.6 is 11.6 Å². The molecule has 138 valence electrons. The third kappa shape index (κ3) is 5.39. The van der Waals surface area contributed by atoms with Crippen molar-refractivity contribution in [3.05, 3.63) is 58.6 Å². The first-order valence-corrected chi connectivity index (χ1v) is 8.25. The monoisotopic (exact) mass is 377 g/mol. The number of esters is 1. The third-order valence-corrected chi connectivity index (χ3v) is 3.88. The number of methoxy groups -OCH3 is 2. The van der Waals surface area contributed by atoms with Gasteiger partial charge in [0.15, 0.2) is 6.61 Å². The maximum absolute atomic E-state index is 12.2. The Bertz CT molecular complexity index is 771. The summed E-state index contributed by atoms with van der Waals surface area (Å²) in [6, 6.07) is 11.6. The molecule has 7 heteroatoms. The van der Waals surface area contributed by atoms with Crippen molar-refractivity contribution in [2.24, 2.45) is 0 Å². The van der Waals surface area contributed by atoms with Crippen molar-refractivity contribution in [1.29, 1.82) is 0 Å². The van der Waals surface area contributed by atoms with E-state index in [1.807, 2.05) is 13.0 Å². The third-order valence-electron chi connectivity index (χ3n) is 3.65. The van der Waals surface area contributed by atoms with Crippen molar-refractivity contribution in [3.63, 3.8) is 0 Å². The van der Waals surface area contributed by atoms with Gasteiger partial charge in [-0.3, -0.25) is 4.79 Å². The van der Waals surface area contributed by atoms with Gasteiger partial charge >= 0.3 is 5.97 Å². The lowest BCUT2D eigenvalue weighted by Gasteiger charge is -2.15. The first-order valence-electron chi connectivity index (χ1n) is 7.88. The average Bonchev–Trinajstić information content (AvgIpc) is 2.65. The summed E-state index contributed by atoms with van der Waals surface area (Å²) in [4.78, 5) is 24.2. The number of rotatable bonds is 7. The zero-order valence-electron chi connectivity index (χ0n) is 14.7. The molecule has 0 aliphatic heterocycles. The van der Waals surface area contributed by atoms with Crippen LogP contribution in [-0.4, -0.2) is 32.7 Å². The van der Waals surface area contributed by atoms with E-state index >= 15 is 0 Å². The summed E-state index contributed by atoms with van der Waals surface area (Å²) in [5, 5.41) is 3.34. The topological polar surface area (TPSA) is 73.9 Å². The first-order chi connectivity index (χ1) is 12.4. The summed E-state index contributed by atoms with van der Waals surface area (Å²) >= 11 is 5.94. The molecule has 1 unspecified atom stereocenters. The van der Waals surface area contributed by atoms with E-state index in [2.05, 4.69) is 5.32 Å². The lowest BCUT2D eigenvalue weighted by Crippen LogP contribution is -2.31. The number of benzene rings is 2. The molecular formula is C19H20ClNO5. The number of ether oxygens (including phenoxy) is 3. The SMILES string of the molecule is COc1cc(OC)cc(C(=O)OCC(=O)NC(C)c2cccc(Cl)c2)c1. The Hall–Kier alpha value is -2.73. The Labute approximate surface area is 157 Å². The molecule has 1 atom stereocenters. The van der Waals surface area contributed by atoms with Crippen LogP contribution < -0.4 is 14.8 Å². The number of halogens is 1. The minimum absolute atomic E-state index is 0.233. The molecule has 0 saturated carbocycles. The molecular weight excluding hydrogens is 358 g/mol. The van der Waals surface area contributed by atoms with Crippen LogP contribution in [0.5, 0.6) is 11.5 Å². The van der Waals surface area contributed by atoms with Gasteiger partial charge in [0, 0.05) is 11.1 Å². The van der Waals surface area contributed by atoms with E-state index in [1.165, 1.54) is 26.4 Å². The second kappa shape index (κ2) is 9.10. The smallest absolute Gasteiger partial charge is 0.338 e. The van der Waals surface area contributed by atoms with Gasteiger partial charge in [-0.05, 0) is 36.8 Å². The molecule has 1 amide bonds. The maximum atomic E-state index is 12.2. The van der Waals surface area contributed by atoms with E-state index < -0.39 is 18.5 Å². The van der Waals surface area contributed by atoms with Crippen LogP contribution in [-0.2, 0) is 9.53 Å². The fourth-order valence-corrected chi connectivity index (χ4v) is 2.48. The fraction of sp³-hybridized carbons (Fsp3) is 0.263. The average molecular weight is 378 g/mol. The molecule has 26 heavy (non-hydrogen) atoms. The van der Waals surface area contributed by atoms with Crippen LogP contribution in [0.15, 0.2) is 42.5 Å². The van der Waals surface area contributed by atoms with E-state index in [0.717, 1.165) is 5.56 Å². The molecule has 0 fully saturated rings. The number of carbonyl (C=O) groups excluding carboxylic acids is 2. The van der Waals surface area contributed by atoms with E-state index in [-0.39, 0.29) is 11.6 Å². The number of nitrogens with one attached hydrogen (secondary N) is 1. The second-order valence-corrected chi connectivity index (χ2v) is 5.96. The van der Waals surface area contributed by atoms with Crippen LogP contribution in [0.4, 0.5) is 0 Å². The highest BCUT2D eigenvalue weighted by molar-refractivity contribution is 6.30. The standard InChI is InChI=1S/C19H20ClNO5/c1-12(13-5-4-6-15(20)7-13)21-18(22)11-26-19(23)14-8-16(24-2)10-17(9-14)25-3/h4-10,12H,11H2,1-3H3,(H,21,22). The number of hydrogen-bond donors (Lipinski definition) is 1. The Balaban J connectivity index is 1.93. The van der Waals surface area contributed by atoms with Gasteiger partial charge < -0.3 is 19.5 Å². The zero-order chi connectivity index (χ0) is 19.1. The summed E-state index contributed by atoms with van der Waals surface area (Å²) in [5.41, 5.74) is 1.09. The van der Waals surface area contributed by atoms with Gasteiger partial charge in [0.2, 0.25) is 0 Å². The Morgan fingerprint density at radius 2 is 1.73 bits per heavy atom. The van der Waals surface area contributed by atoms with Gasteiger partial charge in [0.05, 0.1) is 25.8 Å². The van der Waals surface area contributed by atoms with Gasteiger partial charge in [-0.25, -0.2) is 4.79 Å². The van der Waals surface area contributed by atoms with Crippen molar-refractivity contribution in [3.8, 4) is 11.5 Å². The molecule has 0 heterocycles. The molecule has 0 aromatic heterocycles. The summed E-state index contributed by atoms with van der Waals surface area (Å²) in [6.45, 7) is 1.42. The molecule has 2 rings (SSSR count). The minimum atomic E-state index is -0.646. The van der Waals surface area contributed by atoms with Crippen LogP contribution in [0.2, 0.25) is 5.02 Å². The van der Waals surface area contributed by atoms with E-state index in [4.69, 9.17) is 25.8 Å². The van der Waals surface area contributed by atoms with E-state index in [0.29, 0.717) is 16.5 Å². The number of hydrogen-bond acceptors (Lipinski definition) is 5. The highest BCUT2D eigenvalue weighted by Crippen LogP contribution is 2.23. The number of amides is 1. The van der Waals surface area contributed by atoms with Crippen molar-refractivity contribution in [1.82, 2.24) is 5.32 Å². The van der Waals surface area contributed by atoms with Crippen LogP contribution in [0.25, 0.3) is 0 Å². The molecule has 6 nitrogen and oxygen atoms in total. The summed E-state index contributed by atoms with van der Waals surface area (Å²) < 4.78 is 15.3. The molecule has 1 N–H and O–H groups in total. The number of carbonyl (C=O) groups is 2. The van der Waals surface area contributed by atoms with Crippen molar-refractivity contribution in [2.75, 3.05) is 20.8 Å². The Morgan fingerprint density at radius 3 is 2.31 bits per heavy atom. The lowest BCUT2D eigenvalue weighted by atomic mass is 10.1. The van der Waals surface area contributed by atoms with Gasteiger partial charge in [0.1, 0.15) is 11.5 Å². The van der Waals surface area contributed by atoms with Crippen LogP contribution in [0, 0.1) is 0 Å². The molecule has 0 bridgehead atoms. The fourth-order valence-electron chi connectivity index (χ4n) is 2.28. The molecule has 0 radical (unpaired) electrons. The highest BCUT2D eigenvalue weighted by atomic mass is 35.5. The van der Waals surface area contributed by atoms with Crippen molar-refractivity contribution < 1.29 is 23.8 Å². The second-order valence-electron chi connectivity index (χ2n) is 5.52. The largest absolute Gasteiger partial charge is 0.497 e. The molecule has 0 spiro atoms. The maximum Gasteiger partial charge on any atom is 0.338 e. The van der Waals surface area contributed by atoms with E-state index in [9.17, 15) is 9.59 Å². The normalized spacial score (nSPS) is 11.4. The van der Waals surface area contributed by atoms with Gasteiger partial charge in [0.25, 0.3) is 5.91 Å². The lowest BCUT2D eigenvalue weighted by molar-refractivity contribution is -0.124. The van der Waals surface area contributed by atoms with Crippen molar-refractivity contribution >= 4 is 23.5 Å². The quantitative estimate of drug-likeness (QED) is 0.748. The van der Waals surface area contributed by atoms with Crippen LogP contribution in [0.3, 0.4) is 0 Å². The van der Waals surface area contributed by atoms with Gasteiger partial charge in [-0.2, -0.15) is 0 Å². The first kappa shape index (κ1) is 19.6. The van der Waals surface area contributed by atoms with Gasteiger partial charge in [-0.1, -0.05) is 23.7 Å².